The van der Waals surface area contributed by atoms with E-state index in [2.05, 4.69) is 5.32 Å². The van der Waals surface area contributed by atoms with E-state index in [1.54, 1.807) is 0 Å². The second-order valence-corrected chi connectivity index (χ2v) is 7.73. The molecule has 0 aliphatic carbocycles. The van der Waals surface area contributed by atoms with Gasteiger partial charge in [-0.25, -0.2) is 8.42 Å². The molecule has 1 aromatic carbocycles. The van der Waals surface area contributed by atoms with Crippen molar-refractivity contribution in [1.82, 2.24) is 5.32 Å². The number of benzene rings is 1. The highest BCUT2D eigenvalue weighted by atomic mass is 32.2. The number of amides is 1. The van der Waals surface area contributed by atoms with Crippen LogP contribution in [0.1, 0.15) is 29.6 Å². The van der Waals surface area contributed by atoms with Crippen molar-refractivity contribution in [3.8, 4) is 0 Å². The first kappa shape index (κ1) is 17.4. The third kappa shape index (κ3) is 4.52. The predicted octanol–water partition coefficient (Wildman–Crippen LogP) is 0.844. The summed E-state index contributed by atoms with van der Waals surface area (Å²) in [6.07, 6.45) is 1.76. The first-order chi connectivity index (χ1) is 10.7. The Hall–Kier alpha value is -1.93. The van der Waals surface area contributed by atoms with Crippen LogP contribution in [0.4, 0.5) is 0 Å². The molecule has 2 rings (SSSR count). The fourth-order valence-electron chi connectivity index (χ4n) is 2.56. The highest BCUT2D eigenvalue weighted by molar-refractivity contribution is 7.90. The molecule has 0 radical (unpaired) electrons. The zero-order valence-electron chi connectivity index (χ0n) is 12.7. The zero-order chi connectivity index (χ0) is 17.1. The standard InChI is InChI=1S/C15H19NO6S/c1-23(20,21)12-4-2-11(3-5-12)14(19)16-15(10-13(17)18)6-8-22-9-7-15/h2-5H,6-10H2,1H3,(H,16,19)(H,17,18). The molecule has 1 aromatic rings. The number of carbonyl (C=O) groups is 2. The van der Waals surface area contributed by atoms with E-state index in [4.69, 9.17) is 9.84 Å². The summed E-state index contributed by atoms with van der Waals surface area (Å²) in [5.74, 6) is -1.41. The van der Waals surface area contributed by atoms with Gasteiger partial charge in [0.25, 0.3) is 5.91 Å². The van der Waals surface area contributed by atoms with E-state index >= 15 is 0 Å². The Kier molecular flexibility index (Phi) is 5.06. The first-order valence-electron chi connectivity index (χ1n) is 7.14. The van der Waals surface area contributed by atoms with Crippen LogP contribution >= 0.6 is 0 Å². The fraction of sp³-hybridized carbons (Fsp3) is 0.467. The van der Waals surface area contributed by atoms with Crippen LogP contribution in [0, 0.1) is 0 Å². The van der Waals surface area contributed by atoms with Gasteiger partial charge in [0.1, 0.15) is 0 Å². The van der Waals surface area contributed by atoms with Gasteiger partial charge >= 0.3 is 5.97 Å². The van der Waals surface area contributed by atoms with Crippen molar-refractivity contribution in [3.05, 3.63) is 29.8 Å². The minimum absolute atomic E-state index is 0.125. The largest absolute Gasteiger partial charge is 0.481 e. The molecule has 1 amide bonds. The number of carboxylic acids is 1. The molecular formula is C15H19NO6S. The van der Waals surface area contributed by atoms with Crippen molar-refractivity contribution in [2.75, 3.05) is 19.5 Å². The Morgan fingerprint density at radius 2 is 1.78 bits per heavy atom. The van der Waals surface area contributed by atoms with E-state index in [0.717, 1.165) is 6.26 Å². The van der Waals surface area contributed by atoms with E-state index < -0.39 is 27.3 Å². The molecule has 8 heteroatoms. The Morgan fingerprint density at radius 1 is 1.22 bits per heavy atom. The molecule has 1 saturated heterocycles. The third-order valence-corrected chi connectivity index (χ3v) is 4.99. The van der Waals surface area contributed by atoms with E-state index in [-0.39, 0.29) is 16.9 Å². The minimum Gasteiger partial charge on any atom is -0.481 e. The van der Waals surface area contributed by atoms with E-state index in [0.29, 0.717) is 26.1 Å². The van der Waals surface area contributed by atoms with Crippen molar-refractivity contribution in [2.45, 2.75) is 29.7 Å². The van der Waals surface area contributed by atoms with Crippen molar-refractivity contribution in [1.29, 1.82) is 0 Å². The molecule has 2 N–H and O–H groups in total. The quantitative estimate of drug-likeness (QED) is 0.821. The lowest BCUT2D eigenvalue weighted by Crippen LogP contribution is -2.53. The maximum atomic E-state index is 12.4. The zero-order valence-corrected chi connectivity index (χ0v) is 13.6. The summed E-state index contributed by atoms with van der Waals surface area (Å²) in [6, 6.07) is 5.55. The van der Waals surface area contributed by atoms with Gasteiger partial charge in [-0.3, -0.25) is 9.59 Å². The molecule has 0 saturated carbocycles. The Labute approximate surface area is 134 Å². The van der Waals surface area contributed by atoms with E-state index in [1.165, 1.54) is 24.3 Å². The van der Waals surface area contributed by atoms with Gasteiger partial charge in [0.15, 0.2) is 9.84 Å². The van der Waals surface area contributed by atoms with Gasteiger partial charge in [-0.1, -0.05) is 0 Å². The second-order valence-electron chi connectivity index (χ2n) is 5.71. The smallest absolute Gasteiger partial charge is 0.305 e. The average molecular weight is 341 g/mol. The number of hydrogen-bond acceptors (Lipinski definition) is 5. The molecule has 0 spiro atoms. The summed E-state index contributed by atoms with van der Waals surface area (Å²) in [5.41, 5.74) is -0.551. The third-order valence-electron chi connectivity index (χ3n) is 3.86. The van der Waals surface area contributed by atoms with Crippen LogP contribution in [0.5, 0.6) is 0 Å². The maximum absolute atomic E-state index is 12.4. The van der Waals surface area contributed by atoms with Crippen molar-refractivity contribution >= 4 is 21.7 Å². The van der Waals surface area contributed by atoms with Gasteiger partial charge in [-0.2, -0.15) is 0 Å². The normalized spacial score (nSPS) is 17.4. The van der Waals surface area contributed by atoms with Gasteiger partial charge < -0.3 is 15.2 Å². The Balaban J connectivity index is 2.17. The van der Waals surface area contributed by atoms with E-state index in [9.17, 15) is 18.0 Å². The Bertz CT molecular complexity index is 689. The van der Waals surface area contributed by atoms with Gasteiger partial charge in [-0.05, 0) is 37.1 Å². The molecule has 0 unspecified atom stereocenters. The number of ether oxygens (including phenoxy) is 1. The summed E-state index contributed by atoms with van der Waals surface area (Å²) in [5, 5.41) is 11.9. The number of rotatable bonds is 5. The summed E-state index contributed by atoms with van der Waals surface area (Å²) in [6.45, 7) is 0.779. The topological polar surface area (TPSA) is 110 Å². The first-order valence-corrected chi connectivity index (χ1v) is 9.03. The van der Waals surface area contributed by atoms with Crippen LogP contribution in [0.25, 0.3) is 0 Å². The van der Waals surface area contributed by atoms with Crippen LogP contribution in [0.2, 0.25) is 0 Å². The molecule has 0 bridgehead atoms. The lowest BCUT2D eigenvalue weighted by Gasteiger charge is -2.36. The van der Waals surface area contributed by atoms with E-state index in [1.807, 2.05) is 0 Å². The molecule has 1 aliphatic heterocycles. The molecule has 1 fully saturated rings. The maximum Gasteiger partial charge on any atom is 0.305 e. The molecule has 126 valence electrons. The molecule has 1 heterocycles. The molecule has 23 heavy (non-hydrogen) atoms. The minimum atomic E-state index is -3.33. The van der Waals surface area contributed by atoms with Crippen LogP contribution in [0.3, 0.4) is 0 Å². The number of carbonyl (C=O) groups excluding carboxylic acids is 1. The second kappa shape index (κ2) is 6.67. The summed E-state index contributed by atoms with van der Waals surface area (Å²) < 4.78 is 28.1. The number of aliphatic carboxylic acids is 1. The molecule has 0 atom stereocenters. The monoisotopic (exact) mass is 341 g/mol. The highest BCUT2D eigenvalue weighted by Gasteiger charge is 2.36. The lowest BCUT2D eigenvalue weighted by molar-refractivity contribution is -0.139. The average Bonchev–Trinajstić information content (AvgIpc) is 2.46. The van der Waals surface area contributed by atoms with Gasteiger partial charge in [0.2, 0.25) is 0 Å². The summed E-state index contributed by atoms with van der Waals surface area (Å²) in [4.78, 5) is 23.6. The summed E-state index contributed by atoms with van der Waals surface area (Å²) in [7, 11) is -3.33. The van der Waals surface area contributed by atoms with Crippen molar-refractivity contribution in [3.63, 3.8) is 0 Å². The number of nitrogens with one attached hydrogen (secondary N) is 1. The number of hydrogen-bond donors (Lipinski definition) is 2. The van der Waals surface area contributed by atoms with Crippen molar-refractivity contribution < 1.29 is 27.9 Å². The molecule has 1 aliphatic rings. The van der Waals surface area contributed by atoms with Gasteiger partial charge in [0.05, 0.1) is 16.9 Å². The van der Waals surface area contributed by atoms with Crippen LogP contribution in [-0.4, -0.2) is 50.4 Å². The van der Waals surface area contributed by atoms with Crippen molar-refractivity contribution in [2.24, 2.45) is 0 Å². The fourth-order valence-corrected chi connectivity index (χ4v) is 3.19. The summed E-state index contributed by atoms with van der Waals surface area (Å²) >= 11 is 0. The SMILES string of the molecule is CS(=O)(=O)c1ccc(C(=O)NC2(CC(=O)O)CCOCC2)cc1. The molecular weight excluding hydrogens is 322 g/mol. The number of sulfone groups is 1. The lowest BCUT2D eigenvalue weighted by atomic mass is 9.86. The molecule has 7 nitrogen and oxygen atoms in total. The Morgan fingerprint density at radius 3 is 2.26 bits per heavy atom. The number of carboxylic acid groups (broad SMARTS) is 1. The molecule has 0 aromatic heterocycles. The highest BCUT2D eigenvalue weighted by Crippen LogP contribution is 2.25. The predicted molar refractivity (Wildman–Crippen MR) is 82.1 cm³/mol. The van der Waals surface area contributed by atoms with Gasteiger partial charge in [0, 0.05) is 25.0 Å². The van der Waals surface area contributed by atoms with Crippen LogP contribution in [-0.2, 0) is 19.4 Å². The van der Waals surface area contributed by atoms with Crippen LogP contribution in [0.15, 0.2) is 29.2 Å². The van der Waals surface area contributed by atoms with Crippen LogP contribution < -0.4 is 5.32 Å². The van der Waals surface area contributed by atoms with Gasteiger partial charge in [-0.15, -0.1) is 0 Å².